The fourth-order valence-corrected chi connectivity index (χ4v) is 2.05. The minimum atomic E-state index is -2.03. The molecule has 1 aromatic rings. The van der Waals surface area contributed by atoms with Crippen LogP contribution in [-0.2, 0) is 4.84 Å². The van der Waals surface area contributed by atoms with Crippen LogP contribution in [0, 0.1) is 39.4 Å². The summed E-state index contributed by atoms with van der Waals surface area (Å²) in [5, 5.41) is 29.2. The van der Waals surface area contributed by atoms with Gasteiger partial charge in [0, 0.05) is 0 Å². The van der Waals surface area contributed by atoms with Crippen molar-refractivity contribution in [3.63, 3.8) is 0 Å². The third-order valence-electron chi connectivity index (χ3n) is 3.23. The maximum atomic E-state index is 9.21. The van der Waals surface area contributed by atoms with E-state index < -0.39 is 17.1 Å². The third-order valence-corrected chi connectivity index (χ3v) is 3.23. The van der Waals surface area contributed by atoms with Gasteiger partial charge in [0.2, 0.25) is 0 Å². The van der Waals surface area contributed by atoms with Crippen molar-refractivity contribution in [1.29, 1.82) is 15.8 Å². The highest BCUT2D eigenvalue weighted by atomic mass is 16.7. The van der Waals surface area contributed by atoms with Gasteiger partial charge in [0.1, 0.15) is 18.2 Å². The number of nitrogens with zero attached hydrogens (tertiary/aromatic N) is 5. The van der Waals surface area contributed by atoms with Crippen LogP contribution in [0.2, 0.25) is 0 Å². The molecule has 1 unspecified atom stereocenters. The highest BCUT2D eigenvalue weighted by Gasteiger charge is 2.48. The van der Waals surface area contributed by atoms with E-state index in [4.69, 9.17) is 4.84 Å². The van der Waals surface area contributed by atoms with E-state index in [9.17, 15) is 15.8 Å². The Bertz CT molecular complexity index is 676. The lowest BCUT2D eigenvalue weighted by molar-refractivity contribution is -0.153. The first-order valence-electron chi connectivity index (χ1n) is 6.72. The Morgan fingerprint density at radius 1 is 1.05 bits per heavy atom. The van der Waals surface area contributed by atoms with Crippen LogP contribution in [0.3, 0.4) is 0 Å². The summed E-state index contributed by atoms with van der Waals surface area (Å²) >= 11 is 0. The van der Waals surface area contributed by atoms with E-state index in [0.717, 1.165) is 5.56 Å². The number of rotatable bonds is 2. The molecule has 1 aliphatic heterocycles. The lowest BCUT2D eigenvalue weighted by Crippen LogP contribution is -2.42. The van der Waals surface area contributed by atoms with Crippen LogP contribution in [0.5, 0.6) is 0 Å². The van der Waals surface area contributed by atoms with Crippen LogP contribution in [0.15, 0.2) is 35.3 Å². The summed E-state index contributed by atoms with van der Waals surface area (Å²) in [5.41, 5.74) is -1.61. The van der Waals surface area contributed by atoms with Crippen LogP contribution in [0.1, 0.15) is 32.5 Å². The average Bonchev–Trinajstić information content (AvgIpc) is 2.97. The largest absolute Gasteiger partial charge is 0.383 e. The van der Waals surface area contributed by atoms with Gasteiger partial charge in [-0.2, -0.15) is 15.8 Å². The predicted molar refractivity (Wildman–Crippen MR) is 78.6 cm³/mol. The van der Waals surface area contributed by atoms with Gasteiger partial charge in [-0.05, 0) is 26.3 Å². The van der Waals surface area contributed by atoms with Crippen LogP contribution in [0.4, 0.5) is 0 Å². The molecule has 1 aliphatic rings. The minimum Gasteiger partial charge on any atom is -0.383 e. The van der Waals surface area contributed by atoms with Crippen molar-refractivity contribution in [2.45, 2.75) is 32.5 Å². The quantitative estimate of drug-likeness (QED) is 0.835. The number of hydroxylamine groups is 2. The molecule has 0 bridgehead atoms. The van der Waals surface area contributed by atoms with Gasteiger partial charge >= 0.3 is 5.41 Å². The standard InChI is InChI=1S/C16H15N5O/c1-15(2,3)21-13(12-7-5-4-6-8-12)20-14(22-21)16(9-17,10-18)11-19/h4-8,13H,1-3H3. The molecule has 6 nitrogen and oxygen atoms in total. The molecular formula is C16H15N5O. The average molecular weight is 293 g/mol. The van der Waals surface area contributed by atoms with Crippen molar-refractivity contribution >= 4 is 5.90 Å². The van der Waals surface area contributed by atoms with Gasteiger partial charge in [0.15, 0.2) is 6.17 Å². The molecule has 0 fully saturated rings. The summed E-state index contributed by atoms with van der Waals surface area (Å²) in [5.74, 6) is -0.177. The molecule has 0 saturated carbocycles. The zero-order valence-corrected chi connectivity index (χ0v) is 12.6. The van der Waals surface area contributed by atoms with E-state index in [1.165, 1.54) is 0 Å². The summed E-state index contributed by atoms with van der Waals surface area (Å²) in [6.07, 6.45) is -0.509. The predicted octanol–water partition coefficient (Wildman–Crippen LogP) is 2.69. The van der Waals surface area contributed by atoms with Crippen molar-refractivity contribution in [2.24, 2.45) is 10.4 Å². The molecule has 110 valence electrons. The molecule has 6 heteroatoms. The smallest absolute Gasteiger partial charge is 0.304 e. The van der Waals surface area contributed by atoms with Crippen molar-refractivity contribution in [3.05, 3.63) is 35.9 Å². The molecule has 0 N–H and O–H groups in total. The summed E-state index contributed by atoms with van der Waals surface area (Å²) in [6.45, 7) is 5.77. The Kier molecular flexibility index (Phi) is 3.87. The molecule has 2 rings (SSSR count). The van der Waals surface area contributed by atoms with E-state index in [1.807, 2.05) is 51.1 Å². The highest BCUT2D eigenvalue weighted by Crippen LogP contribution is 2.37. The summed E-state index contributed by atoms with van der Waals surface area (Å²) in [6, 6.07) is 14.5. The second-order valence-corrected chi connectivity index (χ2v) is 5.89. The zero-order valence-electron chi connectivity index (χ0n) is 12.6. The van der Waals surface area contributed by atoms with Crippen LogP contribution in [-0.4, -0.2) is 16.5 Å². The first-order chi connectivity index (χ1) is 10.4. The summed E-state index contributed by atoms with van der Waals surface area (Å²) in [4.78, 5) is 9.99. The maximum absolute atomic E-state index is 9.21. The van der Waals surface area contributed by atoms with Crippen LogP contribution >= 0.6 is 0 Å². The molecule has 1 aromatic carbocycles. The molecule has 0 amide bonds. The Hall–Kier alpha value is -2.88. The first-order valence-corrected chi connectivity index (χ1v) is 6.72. The van der Waals surface area contributed by atoms with E-state index in [1.54, 1.807) is 23.3 Å². The van der Waals surface area contributed by atoms with E-state index in [-0.39, 0.29) is 5.90 Å². The fourth-order valence-electron chi connectivity index (χ4n) is 2.05. The molecule has 22 heavy (non-hydrogen) atoms. The molecule has 1 heterocycles. The van der Waals surface area contributed by atoms with Gasteiger partial charge in [0.25, 0.3) is 5.90 Å². The molecular weight excluding hydrogens is 278 g/mol. The van der Waals surface area contributed by atoms with Crippen LogP contribution < -0.4 is 0 Å². The topological polar surface area (TPSA) is 96.2 Å². The van der Waals surface area contributed by atoms with Crippen molar-refractivity contribution < 1.29 is 4.84 Å². The molecule has 0 aromatic heterocycles. The third kappa shape index (κ3) is 2.51. The summed E-state index contributed by atoms with van der Waals surface area (Å²) < 4.78 is 0. The van der Waals surface area contributed by atoms with Gasteiger partial charge < -0.3 is 4.84 Å². The molecule has 0 aliphatic carbocycles. The second-order valence-electron chi connectivity index (χ2n) is 5.89. The summed E-state index contributed by atoms with van der Waals surface area (Å²) in [7, 11) is 0. The number of hydrogen-bond acceptors (Lipinski definition) is 6. The number of nitriles is 3. The number of benzene rings is 1. The normalized spacial score (nSPS) is 18.5. The molecule has 0 spiro atoms. The monoisotopic (exact) mass is 293 g/mol. The Balaban J connectivity index is 2.52. The number of hydrogen-bond donors (Lipinski definition) is 0. The molecule has 0 radical (unpaired) electrons. The maximum Gasteiger partial charge on any atom is 0.304 e. The van der Waals surface area contributed by atoms with E-state index >= 15 is 0 Å². The van der Waals surface area contributed by atoms with Crippen LogP contribution in [0.25, 0.3) is 0 Å². The Morgan fingerprint density at radius 2 is 1.59 bits per heavy atom. The zero-order chi connectivity index (χ0) is 16.4. The Morgan fingerprint density at radius 3 is 2.05 bits per heavy atom. The fraction of sp³-hybridized carbons (Fsp3) is 0.375. The lowest BCUT2D eigenvalue weighted by atomic mass is 9.94. The Labute approximate surface area is 129 Å². The van der Waals surface area contributed by atoms with Gasteiger partial charge in [-0.3, -0.25) is 0 Å². The van der Waals surface area contributed by atoms with Crippen molar-refractivity contribution in [2.75, 3.05) is 0 Å². The van der Waals surface area contributed by atoms with Gasteiger partial charge in [-0.25, -0.2) is 4.99 Å². The number of aliphatic imine (C=N–C) groups is 1. The second kappa shape index (κ2) is 5.48. The van der Waals surface area contributed by atoms with E-state index in [0.29, 0.717) is 0 Å². The SMILES string of the molecule is CC(C)(C)N1OC(C(C#N)(C#N)C#N)=NC1c1ccccc1. The van der Waals surface area contributed by atoms with Crippen molar-refractivity contribution in [1.82, 2.24) is 5.06 Å². The van der Waals surface area contributed by atoms with Gasteiger partial charge in [0.05, 0.1) is 5.54 Å². The first kappa shape index (κ1) is 15.5. The lowest BCUT2D eigenvalue weighted by Gasteiger charge is -2.33. The minimum absolute atomic E-state index is 0.177. The molecule has 1 atom stereocenters. The molecule has 0 saturated heterocycles. The van der Waals surface area contributed by atoms with Gasteiger partial charge in [-0.15, -0.1) is 5.06 Å². The van der Waals surface area contributed by atoms with Gasteiger partial charge in [-0.1, -0.05) is 30.3 Å². The van der Waals surface area contributed by atoms with Crippen molar-refractivity contribution in [3.8, 4) is 18.2 Å². The van der Waals surface area contributed by atoms with E-state index in [2.05, 4.69) is 4.99 Å². The highest BCUT2D eigenvalue weighted by molar-refractivity contribution is 5.92.